The molecular weight excluding hydrogens is 256 g/mol. The molecule has 114 valence electrons. The largest absolute Gasteiger partial charge is 0.480 e. The number of rotatable bonds is 4. The Bertz CT molecular complexity index is 391. The van der Waals surface area contributed by atoms with Crippen molar-refractivity contribution in [1.82, 2.24) is 10.2 Å². The molecule has 0 bridgehead atoms. The minimum absolute atomic E-state index is 0.0105. The zero-order valence-corrected chi connectivity index (χ0v) is 12.6. The highest BCUT2D eigenvalue weighted by Crippen LogP contribution is 2.35. The number of amides is 1. The fraction of sp³-hybridized carbons (Fsp3) is 0.867. The number of hydrogen-bond acceptors (Lipinski definition) is 3. The second kappa shape index (κ2) is 5.72. The average Bonchev–Trinajstić information content (AvgIpc) is 2.83. The van der Waals surface area contributed by atoms with E-state index in [9.17, 15) is 14.7 Å². The van der Waals surface area contributed by atoms with E-state index in [0.717, 1.165) is 32.1 Å². The molecule has 1 aliphatic heterocycles. The van der Waals surface area contributed by atoms with Gasteiger partial charge in [0.25, 0.3) is 0 Å². The summed E-state index contributed by atoms with van der Waals surface area (Å²) < 4.78 is 0. The van der Waals surface area contributed by atoms with Crippen molar-refractivity contribution in [3.63, 3.8) is 0 Å². The van der Waals surface area contributed by atoms with Crippen molar-refractivity contribution >= 4 is 11.9 Å². The van der Waals surface area contributed by atoms with Crippen molar-refractivity contribution in [2.45, 2.75) is 69.4 Å². The Labute approximate surface area is 120 Å². The first kappa shape index (κ1) is 15.3. The zero-order chi connectivity index (χ0) is 14.8. The quantitative estimate of drug-likeness (QED) is 0.824. The van der Waals surface area contributed by atoms with Crippen LogP contribution >= 0.6 is 0 Å². The first-order valence-corrected chi connectivity index (χ1v) is 7.66. The van der Waals surface area contributed by atoms with Crippen LogP contribution in [-0.2, 0) is 9.59 Å². The number of carbonyl (C=O) groups is 2. The number of nitrogens with zero attached hydrogens (tertiary/aromatic N) is 1. The van der Waals surface area contributed by atoms with Crippen LogP contribution in [0.3, 0.4) is 0 Å². The maximum atomic E-state index is 12.6. The van der Waals surface area contributed by atoms with Gasteiger partial charge in [-0.25, -0.2) is 4.79 Å². The standard InChI is InChI=1S/C15H26N2O3/c1-14(13(19)20)7-6-10-17(14)12(18)11-15(16-2)8-4-3-5-9-15/h16H,3-11H2,1-2H3,(H,19,20). The summed E-state index contributed by atoms with van der Waals surface area (Å²) in [6, 6.07) is 0. The molecular formula is C15H26N2O3. The summed E-state index contributed by atoms with van der Waals surface area (Å²) in [5.41, 5.74) is -1.14. The molecule has 0 radical (unpaired) electrons. The van der Waals surface area contributed by atoms with E-state index in [1.54, 1.807) is 11.8 Å². The molecule has 2 aliphatic rings. The van der Waals surface area contributed by atoms with Gasteiger partial charge in [0.2, 0.25) is 5.91 Å². The van der Waals surface area contributed by atoms with Gasteiger partial charge in [0.1, 0.15) is 5.54 Å². The number of carboxylic acid groups (broad SMARTS) is 1. The first-order valence-electron chi connectivity index (χ1n) is 7.66. The topological polar surface area (TPSA) is 69.6 Å². The van der Waals surface area contributed by atoms with Gasteiger partial charge in [-0.15, -0.1) is 0 Å². The summed E-state index contributed by atoms with van der Waals surface area (Å²) in [5.74, 6) is -0.894. The van der Waals surface area contributed by atoms with E-state index in [2.05, 4.69) is 5.32 Å². The van der Waals surface area contributed by atoms with Gasteiger partial charge in [0.15, 0.2) is 0 Å². The number of hydrogen-bond donors (Lipinski definition) is 2. The second-order valence-corrected chi connectivity index (χ2v) is 6.50. The van der Waals surface area contributed by atoms with Gasteiger partial charge in [-0.3, -0.25) is 4.79 Å². The van der Waals surface area contributed by atoms with E-state index in [1.807, 2.05) is 7.05 Å². The van der Waals surface area contributed by atoms with Crippen LogP contribution in [0.2, 0.25) is 0 Å². The van der Waals surface area contributed by atoms with Crippen LogP contribution in [0.15, 0.2) is 0 Å². The third-order valence-electron chi connectivity index (χ3n) is 5.23. The minimum atomic E-state index is -1.01. The van der Waals surface area contributed by atoms with Crippen LogP contribution in [-0.4, -0.2) is 46.6 Å². The molecule has 0 aromatic rings. The third-order valence-corrected chi connectivity index (χ3v) is 5.23. The minimum Gasteiger partial charge on any atom is -0.480 e. The van der Waals surface area contributed by atoms with Crippen molar-refractivity contribution in [3.8, 4) is 0 Å². The van der Waals surface area contributed by atoms with E-state index in [4.69, 9.17) is 0 Å². The van der Waals surface area contributed by atoms with E-state index < -0.39 is 11.5 Å². The summed E-state index contributed by atoms with van der Waals surface area (Å²) in [6.07, 6.45) is 7.29. The normalized spacial score (nSPS) is 29.4. The highest BCUT2D eigenvalue weighted by atomic mass is 16.4. The third kappa shape index (κ3) is 2.68. The molecule has 1 amide bonds. The molecule has 1 saturated carbocycles. The van der Waals surface area contributed by atoms with Crippen LogP contribution in [0, 0.1) is 0 Å². The smallest absolute Gasteiger partial charge is 0.329 e. The molecule has 20 heavy (non-hydrogen) atoms. The Morgan fingerprint density at radius 3 is 2.35 bits per heavy atom. The lowest BCUT2D eigenvalue weighted by Gasteiger charge is -2.39. The van der Waals surface area contributed by atoms with E-state index in [1.165, 1.54) is 6.42 Å². The Balaban J connectivity index is 2.09. The van der Waals surface area contributed by atoms with Crippen LogP contribution in [0.4, 0.5) is 0 Å². The summed E-state index contributed by atoms with van der Waals surface area (Å²) in [4.78, 5) is 25.7. The van der Waals surface area contributed by atoms with Crippen LogP contribution in [0.5, 0.6) is 0 Å². The van der Waals surface area contributed by atoms with Gasteiger partial charge < -0.3 is 15.3 Å². The predicted octanol–water partition coefficient (Wildman–Crippen LogP) is 1.76. The van der Waals surface area contributed by atoms with Crippen LogP contribution in [0.25, 0.3) is 0 Å². The summed E-state index contributed by atoms with van der Waals surface area (Å²) in [5, 5.41) is 12.7. The Kier molecular flexibility index (Phi) is 4.37. The van der Waals surface area contributed by atoms with Crippen molar-refractivity contribution in [2.24, 2.45) is 0 Å². The molecule has 1 saturated heterocycles. The number of likely N-dealkylation sites (tertiary alicyclic amines) is 1. The lowest BCUT2D eigenvalue weighted by atomic mass is 9.79. The highest BCUT2D eigenvalue weighted by molar-refractivity contribution is 5.87. The molecule has 2 fully saturated rings. The van der Waals surface area contributed by atoms with E-state index in [0.29, 0.717) is 19.4 Å². The fourth-order valence-corrected chi connectivity index (χ4v) is 3.71. The number of carbonyl (C=O) groups excluding carboxylic acids is 1. The van der Waals surface area contributed by atoms with Gasteiger partial charge >= 0.3 is 5.97 Å². The molecule has 1 aliphatic carbocycles. The summed E-state index contributed by atoms with van der Waals surface area (Å²) in [6.45, 7) is 2.24. The van der Waals surface area contributed by atoms with E-state index >= 15 is 0 Å². The Hall–Kier alpha value is -1.10. The summed E-state index contributed by atoms with van der Waals surface area (Å²) >= 11 is 0. The molecule has 0 aromatic carbocycles. The van der Waals surface area contributed by atoms with Crippen LogP contribution < -0.4 is 5.32 Å². The monoisotopic (exact) mass is 282 g/mol. The number of carboxylic acids is 1. The Morgan fingerprint density at radius 2 is 1.80 bits per heavy atom. The van der Waals surface area contributed by atoms with E-state index in [-0.39, 0.29) is 11.4 Å². The first-order chi connectivity index (χ1) is 9.43. The van der Waals surface area contributed by atoms with Crippen molar-refractivity contribution in [2.75, 3.05) is 13.6 Å². The molecule has 2 rings (SSSR count). The van der Waals surface area contributed by atoms with Crippen LogP contribution in [0.1, 0.15) is 58.3 Å². The average molecular weight is 282 g/mol. The molecule has 5 nitrogen and oxygen atoms in total. The predicted molar refractivity (Wildman–Crippen MR) is 76.5 cm³/mol. The fourth-order valence-electron chi connectivity index (χ4n) is 3.71. The van der Waals surface area contributed by atoms with Crippen molar-refractivity contribution in [1.29, 1.82) is 0 Å². The Morgan fingerprint density at radius 1 is 1.15 bits per heavy atom. The maximum Gasteiger partial charge on any atom is 0.329 e. The molecule has 5 heteroatoms. The molecule has 1 heterocycles. The summed E-state index contributed by atoms with van der Waals surface area (Å²) in [7, 11) is 1.92. The lowest BCUT2D eigenvalue weighted by Crippen LogP contribution is -2.55. The highest BCUT2D eigenvalue weighted by Gasteiger charge is 2.47. The number of nitrogens with one attached hydrogen (secondary N) is 1. The second-order valence-electron chi connectivity index (χ2n) is 6.50. The van der Waals surface area contributed by atoms with Gasteiger partial charge in [0, 0.05) is 18.5 Å². The number of aliphatic carboxylic acids is 1. The zero-order valence-electron chi connectivity index (χ0n) is 12.6. The van der Waals surface area contributed by atoms with Crippen molar-refractivity contribution < 1.29 is 14.7 Å². The van der Waals surface area contributed by atoms with Gasteiger partial charge in [0.05, 0.1) is 0 Å². The molecule has 2 N–H and O–H groups in total. The van der Waals surface area contributed by atoms with Gasteiger partial charge in [-0.2, -0.15) is 0 Å². The molecule has 1 atom stereocenters. The maximum absolute atomic E-state index is 12.6. The van der Waals surface area contributed by atoms with Gasteiger partial charge in [-0.05, 0) is 39.7 Å². The molecule has 1 unspecified atom stereocenters. The van der Waals surface area contributed by atoms with Crippen molar-refractivity contribution in [3.05, 3.63) is 0 Å². The SMILES string of the molecule is CNC1(CC(=O)N2CCCC2(C)C(=O)O)CCCCC1. The molecule has 0 aromatic heterocycles. The van der Waals surface area contributed by atoms with Gasteiger partial charge in [-0.1, -0.05) is 19.3 Å². The molecule has 0 spiro atoms. The lowest BCUT2D eigenvalue weighted by molar-refractivity contribution is -0.156.